The van der Waals surface area contributed by atoms with Gasteiger partial charge in [-0.15, -0.1) is 0 Å². The molecule has 6 nitrogen and oxygen atoms in total. The number of benzene rings is 1. The van der Waals surface area contributed by atoms with E-state index in [0.29, 0.717) is 5.92 Å². The summed E-state index contributed by atoms with van der Waals surface area (Å²) in [4.78, 5) is 20.5. The normalized spacial score (nSPS) is 22.2. The molecule has 6 heteroatoms. The minimum Gasteiger partial charge on any atom is -0.497 e. The third kappa shape index (κ3) is 4.51. The number of hydrogen-bond donors (Lipinski definition) is 1. The van der Waals surface area contributed by atoms with Gasteiger partial charge in [-0.1, -0.05) is 0 Å². The quantitative estimate of drug-likeness (QED) is 0.872. The number of methoxy groups -OCH3 is 1. The second-order valence-electron chi connectivity index (χ2n) is 7.73. The van der Waals surface area contributed by atoms with Crippen LogP contribution in [0.3, 0.4) is 0 Å². The molecule has 1 aromatic carbocycles. The van der Waals surface area contributed by atoms with E-state index < -0.39 is 0 Å². The maximum absolute atomic E-state index is 12.6. The minimum absolute atomic E-state index is 0.00561. The maximum atomic E-state index is 12.6. The average molecular weight is 371 g/mol. The number of rotatable bonds is 5. The van der Waals surface area contributed by atoms with Gasteiger partial charge in [-0.3, -0.25) is 14.6 Å². The highest BCUT2D eigenvalue weighted by molar-refractivity contribution is 5.80. The van der Waals surface area contributed by atoms with E-state index >= 15 is 0 Å². The van der Waals surface area contributed by atoms with Crippen molar-refractivity contribution in [3.05, 3.63) is 40.2 Å². The summed E-state index contributed by atoms with van der Waals surface area (Å²) in [6, 6.07) is 7.84. The van der Waals surface area contributed by atoms with Gasteiger partial charge in [-0.25, -0.2) is 0 Å². The summed E-state index contributed by atoms with van der Waals surface area (Å²) in [6.07, 6.45) is 2.49. The first-order chi connectivity index (χ1) is 13.2. The van der Waals surface area contributed by atoms with E-state index in [1.54, 1.807) is 7.11 Å². The molecule has 0 unspecified atom stereocenters. The Morgan fingerprint density at radius 2 is 2.04 bits per heavy atom. The second-order valence-corrected chi connectivity index (χ2v) is 7.73. The van der Waals surface area contributed by atoms with E-state index in [1.807, 2.05) is 24.3 Å². The predicted octanol–water partition coefficient (Wildman–Crippen LogP) is 2.08. The Morgan fingerprint density at radius 1 is 1.19 bits per heavy atom. The van der Waals surface area contributed by atoms with E-state index in [1.165, 1.54) is 12.8 Å². The third-order valence-corrected chi connectivity index (χ3v) is 5.75. The van der Waals surface area contributed by atoms with Crippen LogP contribution in [0.15, 0.2) is 29.1 Å². The van der Waals surface area contributed by atoms with Crippen molar-refractivity contribution in [3.63, 3.8) is 0 Å². The number of ether oxygens (including phenoxy) is 2. The van der Waals surface area contributed by atoms with Gasteiger partial charge in [0.25, 0.3) is 5.56 Å². The first-order valence-electron chi connectivity index (χ1n) is 9.93. The lowest BCUT2D eigenvalue weighted by molar-refractivity contribution is 0.0224. The molecule has 0 saturated carbocycles. The number of aromatic nitrogens is 1. The molecule has 2 saturated heterocycles. The summed E-state index contributed by atoms with van der Waals surface area (Å²) in [5.41, 5.74) is 1.68. The van der Waals surface area contributed by atoms with Crippen LogP contribution < -0.4 is 10.3 Å². The number of likely N-dealkylation sites (tertiary alicyclic amines) is 1. The first-order valence-corrected chi connectivity index (χ1v) is 9.93. The van der Waals surface area contributed by atoms with Crippen LogP contribution in [-0.2, 0) is 11.3 Å². The molecule has 1 aromatic heterocycles. The summed E-state index contributed by atoms with van der Waals surface area (Å²) < 4.78 is 10.7. The highest BCUT2D eigenvalue weighted by Gasteiger charge is 2.23. The van der Waals surface area contributed by atoms with Gasteiger partial charge >= 0.3 is 0 Å². The topological polar surface area (TPSA) is 57.8 Å². The molecule has 146 valence electrons. The van der Waals surface area contributed by atoms with Gasteiger partial charge in [0, 0.05) is 44.4 Å². The number of pyridine rings is 1. The van der Waals surface area contributed by atoms with Crippen molar-refractivity contribution < 1.29 is 9.47 Å². The molecule has 0 aliphatic carbocycles. The summed E-state index contributed by atoms with van der Waals surface area (Å²) in [5.74, 6) is 1.44. The van der Waals surface area contributed by atoms with Crippen LogP contribution in [0.2, 0.25) is 0 Å². The molecule has 0 spiro atoms. The first kappa shape index (κ1) is 18.5. The molecular formula is C21H29N3O3. The molecule has 1 atom stereocenters. The number of piperidine rings is 1. The van der Waals surface area contributed by atoms with E-state index in [-0.39, 0.29) is 5.56 Å². The highest BCUT2D eigenvalue weighted by atomic mass is 16.5. The van der Waals surface area contributed by atoms with Crippen molar-refractivity contribution in [1.82, 2.24) is 14.8 Å². The fourth-order valence-corrected chi connectivity index (χ4v) is 4.30. The summed E-state index contributed by atoms with van der Waals surface area (Å²) in [5, 5.41) is 1.05. The number of fused-ring (bicyclic) bond motifs is 1. The Morgan fingerprint density at radius 3 is 2.85 bits per heavy atom. The molecular weight excluding hydrogens is 342 g/mol. The number of H-pyrrole nitrogens is 1. The molecule has 2 aliphatic heterocycles. The standard InChI is InChI=1S/C21H29N3O3/c1-26-19-5-4-17-11-18(21(25)22-20(17)12-19)15-24-6-2-3-16(14-24)13-23-7-9-27-10-8-23/h4-5,11-12,16H,2-3,6-10,13-15H2,1H3,(H,22,25)/t16-/m0/s1. The summed E-state index contributed by atoms with van der Waals surface area (Å²) >= 11 is 0. The Labute approximate surface area is 160 Å². The van der Waals surface area contributed by atoms with Crippen molar-refractivity contribution in [2.24, 2.45) is 5.92 Å². The van der Waals surface area contributed by atoms with Crippen LogP contribution in [0.4, 0.5) is 0 Å². The van der Waals surface area contributed by atoms with E-state index in [0.717, 1.165) is 74.7 Å². The predicted molar refractivity (Wildman–Crippen MR) is 106 cm³/mol. The van der Waals surface area contributed by atoms with Gasteiger partial charge < -0.3 is 14.5 Å². The number of hydrogen-bond acceptors (Lipinski definition) is 5. The number of morpholine rings is 1. The molecule has 4 rings (SSSR count). The average Bonchev–Trinajstić information content (AvgIpc) is 2.69. The van der Waals surface area contributed by atoms with Crippen LogP contribution in [0.5, 0.6) is 5.75 Å². The SMILES string of the molecule is COc1ccc2cc(CN3CCC[C@@H](CN4CCOCC4)C3)c(=O)[nH]c2c1. The minimum atomic E-state index is 0.00561. The van der Waals surface area contributed by atoms with Crippen LogP contribution in [0.25, 0.3) is 10.9 Å². The maximum Gasteiger partial charge on any atom is 0.252 e. The van der Waals surface area contributed by atoms with Gasteiger partial charge in [0.05, 0.1) is 25.8 Å². The lowest BCUT2D eigenvalue weighted by atomic mass is 9.96. The molecule has 0 radical (unpaired) electrons. The van der Waals surface area contributed by atoms with Gasteiger partial charge in [0.2, 0.25) is 0 Å². The van der Waals surface area contributed by atoms with E-state index in [2.05, 4.69) is 14.8 Å². The molecule has 2 aliphatic rings. The third-order valence-electron chi connectivity index (χ3n) is 5.75. The van der Waals surface area contributed by atoms with Crippen molar-refractivity contribution in [2.45, 2.75) is 19.4 Å². The van der Waals surface area contributed by atoms with Crippen LogP contribution in [-0.4, -0.2) is 67.8 Å². The van der Waals surface area contributed by atoms with Crippen molar-refractivity contribution in [2.75, 3.05) is 53.0 Å². The number of nitrogens with zero attached hydrogens (tertiary/aromatic N) is 2. The number of nitrogens with one attached hydrogen (secondary N) is 1. The molecule has 1 N–H and O–H groups in total. The summed E-state index contributed by atoms with van der Waals surface area (Å²) in [6.45, 7) is 7.80. The molecule has 0 amide bonds. The van der Waals surface area contributed by atoms with Crippen molar-refractivity contribution in [1.29, 1.82) is 0 Å². The molecule has 3 heterocycles. The Hall–Kier alpha value is -1.89. The fraction of sp³-hybridized carbons (Fsp3) is 0.571. The van der Waals surface area contributed by atoms with Gasteiger partial charge in [-0.2, -0.15) is 0 Å². The zero-order valence-corrected chi connectivity index (χ0v) is 16.1. The molecule has 2 fully saturated rings. The second kappa shape index (κ2) is 8.42. The largest absolute Gasteiger partial charge is 0.497 e. The molecule has 27 heavy (non-hydrogen) atoms. The Balaban J connectivity index is 1.43. The zero-order valence-electron chi connectivity index (χ0n) is 16.1. The van der Waals surface area contributed by atoms with Crippen molar-refractivity contribution >= 4 is 10.9 Å². The Kier molecular flexibility index (Phi) is 5.76. The van der Waals surface area contributed by atoms with Gasteiger partial charge in [0.15, 0.2) is 0 Å². The molecule has 2 aromatic rings. The fourth-order valence-electron chi connectivity index (χ4n) is 4.30. The van der Waals surface area contributed by atoms with Crippen LogP contribution >= 0.6 is 0 Å². The Bertz CT molecular complexity index is 829. The monoisotopic (exact) mass is 371 g/mol. The lowest BCUT2D eigenvalue weighted by Crippen LogP contribution is -2.44. The summed E-state index contributed by atoms with van der Waals surface area (Å²) in [7, 11) is 1.64. The zero-order chi connectivity index (χ0) is 18.6. The number of aromatic amines is 1. The van der Waals surface area contributed by atoms with Crippen LogP contribution in [0, 0.1) is 5.92 Å². The van der Waals surface area contributed by atoms with E-state index in [9.17, 15) is 4.79 Å². The van der Waals surface area contributed by atoms with Gasteiger partial charge in [-0.05, 0) is 48.9 Å². The smallest absolute Gasteiger partial charge is 0.252 e. The van der Waals surface area contributed by atoms with Crippen molar-refractivity contribution in [3.8, 4) is 5.75 Å². The van der Waals surface area contributed by atoms with Gasteiger partial charge in [0.1, 0.15) is 5.75 Å². The highest BCUT2D eigenvalue weighted by Crippen LogP contribution is 2.22. The molecule has 0 bridgehead atoms. The van der Waals surface area contributed by atoms with E-state index in [4.69, 9.17) is 9.47 Å². The van der Waals surface area contributed by atoms with Crippen LogP contribution in [0.1, 0.15) is 18.4 Å². The lowest BCUT2D eigenvalue weighted by Gasteiger charge is -2.36.